The summed E-state index contributed by atoms with van der Waals surface area (Å²) < 4.78 is 0. The molecule has 0 fully saturated rings. The number of aliphatic carboxylic acids is 1. The minimum atomic E-state index is -0.655. The summed E-state index contributed by atoms with van der Waals surface area (Å²) in [6, 6.07) is 0. The first kappa shape index (κ1) is 21.2. The summed E-state index contributed by atoms with van der Waals surface area (Å²) in [7, 11) is 0. The monoisotopic (exact) mass is 310 g/mol. The number of carbonyl (C=O) groups is 1. The predicted octanol–water partition coefficient (Wildman–Crippen LogP) is 6.89. The fourth-order valence-electron chi connectivity index (χ4n) is 2.77. The van der Waals surface area contributed by atoms with Crippen molar-refractivity contribution in [2.24, 2.45) is 0 Å². The summed E-state index contributed by atoms with van der Waals surface area (Å²) in [5.41, 5.74) is 0. The molecule has 0 aliphatic carbocycles. The summed E-state index contributed by atoms with van der Waals surface area (Å²) in [5, 5.41) is 8.54. The highest BCUT2D eigenvalue weighted by Crippen LogP contribution is 2.13. The van der Waals surface area contributed by atoms with Crippen LogP contribution < -0.4 is 0 Å². The Kier molecular flexibility index (Phi) is 17.6. The van der Waals surface area contributed by atoms with Crippen LogP contribution in [0.15, 0.2) is 12.2 Å². The van der Waals surface area contributed by atoms with Gasteiger partial charge in [-0.3, -0.25) is 4.79 Å². The molecule has 0 unspecified atom stereocenters. The third-order valence-electron chi connectivity index (χ3n) is 4.16. The van der Waals surface area contributed by atoms with Gasteiger partial charge in [0.2, 0.25) is 0 Å². The zero-order valence-electron chi connectivity index (χ0n) is 14.8. The zero-order chi connectivity index (χ0) is 16.3. The quantitative estimate of drug-likeness (QED) is 0.234. The van der Waals surface area contributed by atoms with Gasteiger partial charge >= 0.3 is 5.97 Å². The van der Waals surface area contributed by atoms with Crippen molar-refractivity contribution in [2.75, 3.05) is 0 Å². The maximum absolute atomic E-state index is 10.4. The van der Waals surface area contributed by atoms with Gasteiger partial charge in [0.25, 0.3) is 0 Å². The third-order valence-corrected chi connectivity index (χ3v) is 4.16. The molecule has 0 saturated carbocycles. The average Bonchev–Trinajstić information content (AvgIpc) is 2.50. The SMILES string of the molecule is CC/C=C/CCCCCCCCCCCCCCCC(=O)O. The molecule has 0 rings (SSSR count). The lowest BCUT2D eigenvalue weighted by molar-refractivity contribution is -0.137. The van der Waals surface area contributed by atoms with Gasteiger partial charge in [-0.2, -0.15) is 0 Å². The molecule has 0 atom stereocenters. The van der Waals surface area contributed by atoms with E-state index in [-0.39, 0.29) is 0 Å². The number of carboxylic acid groups (broad SMARTS) is 1. The van der Waals surface area contributed by atoms with Crippen LogP contribution in [0.5, 0.6) is 0 Å². The van der Waals surface area contributed by atoms with Gasteiger partial charge in [-0.1, -0.05) is 89.7 Å². The van der Waals surface area contributed by atoms with Gasteiger partial charge in [-0.25, -0.2) is 0 Å². The first-order chi connectivity index (χ1) is 10.8. The second kappa shape index (κ2) is 18.3. The molecule has 2 heteroatoms. The van der Waals surface area contributed by atoms with Gasteiger partial charge < -0.3 is 5.11 Å². The molecule has 0 heterocycles. The van der Waals surface area contributed by atoms with Crippen molar-refractivity contribution in [3.63, 3.8) is 0 Å². The van der Waals surface area contributed by atoms with Crippen LogP contribution in [0.4, 0.5) is 0 Å². The number of rotatable bonds is 17. The fourth-order valence-corrected chi connectivity index (χ4v) is 2.77. The average molecular weight is 311 g/mol. The molecule has 0 amide bonds. The van der Waals surface area contributed by atoms with Crippen LogP contribution in [0.3, 0.4) is 0 Å². The maximum atomic E-state index is 10.4. The lowest BCUT2D eigenvalue weighted by atomic mass is 10.0. The van der Waals surface area contributed by atoms with Gasteiger partial charge in [0.15, 0.2) is 0 Å². The van der Waals surface area contributed by atoms with Crippen molar-refractivity contribution in [3.8, 4) is 0 Å². The van der Waals surface area contributed by atoms with E-state index < -0.39 is 5.97 Å². The van der Waals surface area contributed by atoms with E-state index in [4.69, 9.17) is 5.11 Å². The third kappa shape index (κ3) is 19.2. The molecular formula is C20H38O2. The van der Waals surface area contributed by atoms with Crippen LogP contribution in [0.1, 0.15) is 110 Å². The highest BCUT2D eigenvalue weighted by molar-refractivity contribution is 5.66. The Hall–Kier alpha value is -0.790. The van der Waals surface area contributed by atoms with E-state index in [0.29, 0.717) is 6.42 Å². The van der Waals surface area contributed by atoms with Crippen molar-refractivity contribution in [2.45, 2.75) is 110 Å². The summed E-state index contributed by atoms with van der Waals surface area (Å²) in [5.74, 6) is -0.655. The van der Waals surface area contributed by atoms with Crippen LogP contribution in [0.2, 0.25) is 0 Å². The van der Waals surface area contributed by atoms with Gasteiger partial charge in [0, 0.05) is 6.42 Å². The highest BCUT2D eigenvalue weighted by Gasteiger charge is 1.97. The van der Waals surface area contributed by atoms with E-state index in [1.54, 1.807) is 0 Å². The molecule has 0 aromatic carbocycles. The van der Waals surface area contributed by atoms with E-state index in [1.165, 1.54) is 83.5 Å². The Balaban J connectivity index is 2.99. The Morgan fingerprint density at radius 3 is 1.50 bits per heavy atom. The smallest absolute Gasteiger partial charge is 0.303 e. The molecule has 0 aromatic heterocycles. The van der Waals surface area contributed by atoms with Gasteiger partial charge in [-0.05, 0) is 25.7 Å². The van der Waals surface area contributed by atoms with Crippen LogP contribution in [-0.2, 0) is 4.79 Å². The Morgan fingerprint density at radius 1 is 0.682 bits per heavy atom. The van der Waals surface area contributed by atoms with E-state index in [1.807, 2.05) is 0 Å². The summed E-state index contributed by atoms with van der Waals surface area (Å²) >= 11 is 0. The molecule has 2 nitrogen and oxygen atoms in total. The number of hydrogen-bond acceptors (Lipinski definition) is 1. The lowest BCUT2D eigenvalue weighted by Gasteiger charge is -2.02. The van der Waals surface area contributed by atoms with Crippen molar-refractivity contribution in [3.05, 3.63) is 12.2 Å². The summed E-state index contributed by atoms with van der Waals surface area (Å²) in [6.45, 7) is 2.19. The van der Waals surface area contributed by atoms with E-state index in [0.717, 1.165) is 12.8 Å². The molecule has 0 aliphatic rings. The van der Waals surface area contributed by atoms with E-state index >= 15 is 0 Å². The highest BCUT2D eigenvalue weighted by atomic mass is 16.4. The van der Waals surface area contributed by atoms with Crippen LogP contribution >= 0.6 is 0 Å². The van der Waals surface area contributed by atoms with Crippen LogP contribution in [0.25, 0.3) is 0 Å². The number of carboxylic acids is 1. The molecule has 0 saturated heterocycles. The first-order valence-corrected chi connectivity index (χ1v) is 9.64. The van der Waals surface area contributed by atoms with E-state index in [9.17, 15) is 4.79 Å². The van der Waals surface area contributed by atoms with Crippen LogP contribution in [-0.4, -0.2) is 11.1 Å². The minimum absolute atomic E-state index is 0.342. The molecule has 0 aromatic rings. The molecular weight excluding hydrogens is 272 g/mol. The number of allylic oxidation sites excluding steroid dienone is 2. The molecule has 130 valence electrons. The second-order valence-corrected chi connectivity index (χ2v) is 6.41. The molecule has 1 N–H and O–H groups in total. The number of unbranched alkanes of at least 4 members (excludes halogenated alkanes) is 13. The van der Waals surface area contributed by atoms with Crippen molar-refractivity contribution < 1.29 is 9.90 Å². The molecule has 0 bridgehead atoms. The predicted molar refractivity (Wildman–Crippen MR) is 96.3 cm³/mol. The molecule has 0 radical (unpaired) electrons. The second-order valence-electron chi connectivity index (χ2n) is 6.41. The maximum Gasteiger partial charge on any atom is 0.303 e. The molecule has 0 aliphatic heterocycles. The normalized spacial score (nSPS) is 11.3. The topological polar surface area (TPSA) is 37.3 Å². The van der Waals surface area contributed by atoms with Gasteiger partial charge in [-0.15, -0.1) is 0 Å². The molecule has 22 heavy (non-hydrogen) atoms. The Bertz CT molecular complexity index is 258. The largest absolute Gasteiger partial charge is 0.481 e. The summed E-state index contributed by atoms with van der Waals surface area (Å²) in [6.07, 6.45) is 24.2. The van der Waals surface area contributed by atoms with Gasteiger partial charge in [0.05, 0.1) is 0 Å². The fraction of sp³-hybridized carbons (Fsp3) is 0.850. The lowest BCUT2D eigenvalue weighted by Crippen LogP contribution is -1.93. The molecule has 0 spiro atoms. The Labute approximate surface area is 138 Å². The van der Waals surface area contributed by atoms with Crippen molar-refractivity contribution in [1.82, 2.24) is 0 Å². The Morgan fingerprint density at radius 2 is 1.09 bits per heavy atom. The van der Waals surface area contributed by atoms with E-state index in [2.05, 4.69) is 19.1 Å². The standard InChI is InChI=1S/C20H38O2/c1-2-3-4-5-6-7-8-9-10-11-12-13-14-15-16-17-18-19-20(21)22/h3-4H,2,5-19H2,1H3,(H,21,22)/b4-3+. The minimum Gasteiger partial charge on any atom is -0.481 e. The first-order valence-electron chi connectivity index (χ1n) is 9.64. The summed E-state index contributed by atoms with van der Waals surface area (Å²) in [4.78, 5) is 10.4. The van der Waals surface area contributed by atoms with Crippen LogP contribution in [0, 0.1) is 0 Å². The number of hydrogen-bond donors (Lipinski definition) is 1. The van der Waals surface area contributed by atoms with Crippen molar-refractivity contribution in [1.29, 1.82) is 0 Å². The van der Waals surface area contributed by atoms with Crippen molar-refractivity contribution >= 4 is 5.97 Å². The zero-order valence-corrected chi connectivity index (χ0v) is 14.8. The van der Waals surface area contributed by atoms with Gasteiger partial charge in [0.1, 0.15) is 0 Å².